The first-order valence-corrected chi connectivity index (χ1v) is 11.8. The third kappa shape index (κ3) is 2.29. The summed E-state index contributed by atoms with van der Waals surface area (Å²) < 4.78 is 1.05. The van der Waals surface area contributed by atoms with Crippen LogP contribution in [0.3, 0.4) is 0 Å². The average molecular weight is 393 g/mol. The predicted octanol–water partition coefficient (Wildman–Crippen LogP) is 4.68. The number of halogens is 1. The van der Waals surface area contributed by atoms with Gasteiger partial charge in [-0.15, -0.1) is 4.91 Å². The maximum Gasteiger partial charge on any atom is 0.109 e. The summed E-state index contributed by atoms with van der Waals surface area (Å²) in [7, 11) is -2.48. The number of rotatable bonds is 3. The molecule has 0 aromatic heterocycles. The van der Waals surface area contributed by atoms with Gasteiger partial charge in [0.15, 0.2) is 0 Å². The molecule has 2 aromatic rings. The van der Waals surface area contributed by atoms with Crippen LogP contribution in [0, 0.1) is 4.91 Å². The second kappa shape index (κ2) is 5.28. The minimum Gasteiger partial charge on any atom is -0.247 e. The van der Waals surface area contributed by atoms with Crippen molar-refractivity contribution in [1.29, 1.82) is 0 Å². The number of fused-ring (bicyclic) bond motifs is 2. The minimum absolute atomic E-state index is 0.470. The van der Waals surface area contributed by atoms with Gasteiger partial charge in [-0.1, -0.05) is 19.6 Å². The monoisotopic (exact) mass is 392 g/mol. The van der Waals surface area contributed by atoms with Crippen LogP contribution in [-0.2, 0) is 0 Å². The van der Waals surface area contributed by atoms with Gasteiger partial charge in [0, 0.05) is 14.3 Å². The molecule has 0 aliphatic carbocycles. The lowest BCUT2D eigenvalue weighted by molar-refractivity contribution is 1.03. The highest BCUT2D eigenvalue weighted by Crippen LogP contribution is 2.78. The van der Waals surface area contributed by atoms with E-state index in [4.69, 9.17) is 4.99 Å². The number of hydrogen-bond acceptors (Lipinski definition) is 3. The van der Waals surface area contributed by atoms with E-state index in [2.05, 4.69) is 53.2 Å². The molecule has 3 nitrogen and oxygen atoms in total. The highest BCUT2D eigenvalue weighted by Gasteiger charge is 2.41. The Labute approximate surface area is 144 Å². The largest absolute Gasteiger partial charge is 0.247 e. The Hall–Kier alpha value is -1.46. The number of benzene rings is 2. The van der Waals surface area contributed by atoms with Gasteiger partial charge in [0.25, 0.3) is 0 Å². The van der Waals surface area contributed by atoms with Crippen LogP contribution in [0.1, 0.15) is 13.3 Å². The number of hydrogen-bond donors (Lipinski definition) is 1. The molecule has 0 atom stereocenters. The summed E-state index contributed by atoms with van der Waals surface area (Å²) in [6, 6.07) is 9.66. The zero-order valence-electron chi connectivity index (χ0n) is 13.6. The molecule has 0 saturated heterocycles. The smallest absolute Gasteiger partial charge is 0.109 e. The highest BCUT2D eigenvalue weighted by molar-refractivity contribution is 9.10. The Morgan fingerprint density at radius 2 is 2.00 bits per heavy atom. The lowest BCUT2D eigenvalue weighted by atomic mass is 10.2. The molecule has 0 N–H and O–H groups in total. The summed E-state index contributed by atoms with van der Waals surface area (Å²) in [5.41, 5.74) is 1.43. The topological polar surface area (TPSA) is 41.8 Å². The normalized spacial score (nSPS) is 18.7. The molecule has 23 heavy (non-hydrogen) atoms. The van der Waals surface area contributed by atoms with E-state index in [1.165, 1.54) is 9.79 Å². The molecule has 3 rings (SSSR count). The average Bonchev–Trinajstić information content (AvgIpc) is 2.50. The molecular formula is C18H21BrN2OS. The first-order valence-electron chi connectivity index (χ1n) is 7.66. The van der Waals surface area contributed by atoms with Crippen molar-refractivity contribution in [2.45, 2.75) is 23.1 Å². The fraction of sp³-hybridized carbons (Fsp3) is 0.278. The summed E-state index contributed by atoms with van der Waals surface area (Å²) in [5.74, 6) is 1.06. The molecule has 0 unspecified atom stereocenters. The van der Waals surface area contributed by atoms with E-state index < -0.39 is 9.16 Å². The van der Waals surface area contributed by atoms with Crippen molar-refractivity contribution in [2.24, 2.45) is 10.2 Å². The zero-order valence-corrected chi connectivity index (χ0v) is 16.1. The Morgan fingerprint density at radius 3 is 2.65 bits per heavy atom. The van der Waals surface area contributed by atoms with Crippen LogP contribution in [0.2, 0.25) is 0 Å². The van der Waals surface area contributed by atoms with E-state index in [9.17, 15) is 4.91 Å². The number of nitroso groups, excluding NO2 is 1. The molecule has 122 valence electrons. The van der Waals surface area contributed by atoms with Crippen LogP contribution in [0.15, 0.2) is 54.8 Å². The Bertz CT molecular complexity index is 937. The fourth-order valence-corrected chi connectivity index (χ4v) is 10.9. The van der Waals surface area contributed by atoms with Crippen LogP contribution in [0.5, 0.6) is 0 Å². The molecule has 0 spiro atoms. The molecule has 1 heterocycles. The summed E-state index contributed by atoms with van der Waals surface area (Å²) in [6.45, 7) is 6.34. The van der Waals surface area contributed by atoms with E-state index in [-0.39, 0.29) is 0 Å². The second-order valence-corrected chi connectivity index (χ2v) is 13.9. The molecule has 0 fully saturated rings. The van der Waals surface area contributed by atoms with Crippen LogP contribution in [-0.4, -0.2) is 18.3 Å². The molecule has 0 radical (unpaired) electrons. The molecule has 1 aliphatic heterocycles. The van der Waals surface area contributed by atoms with Crippen LogP contribution in [0.4, 0.5) is 11.4 Å². The van der Waals surface area contributed by atoms with Gasteiger partial charge >= 0.3 is 0 Å². The molecule has 0 bridgehead atoms. The molecular weight excluding hydrogens is 372 g/mol. The molecule has 2 aromatic carbocycles. The summed E-state index contributed by atoms with van der Waals surface area (Å²) in [5, 5.41) is 5.12. The van der Waals surface area contributed by atoms with Crippen molar-refractivity contribution in [1.82, 2.24) is 0 Å². The van der Waals surface area contributed by atoms with E-state index in [1.807, 2.05) is 18.2 Å². The second-order valence-electron chi connectivity index (χ2n) is 6.91. The van der Waals surface area contributed by atoms with Crippen LogP contribution >= 0.6 is 25.1 Å². The number of nitrogens with zero attached hydrogens (tertiary/aromatic N) is 2. The van der Waals surface area contributed by atoms with Crippen molar-refractivity contribution in [3.8, 4) is 0 Å². The van der Waals surface area contributed by atoms with Gasteiger partial charge in [-0.25, -0.2) is 14.2 Å². The highest BCUT2D eigenvalue weighted by atomic mass is 79.9. The lowest BCUT2D eigenvalue weighted by Crippen LogP contribution is -2.32. The maximum absolute atomic E-state index is 11.0. The molecule has 1 aliphatic rings. The van der Waals surface area contributed by atoms with Gasteiger partial charge in [-0.3, -0.25) is 0 Å². The summed E-state index contributed by atoms with van der Waals surface area (Å²) >= 11 is 3.76. The Kier molecular flexibility index (Phi) is 3.76. The fourth-order valence-electron chi connectivity index (χ4n) is 3.76. The van der Waals surface area contributed by atoms with E-state index in [0.717, 1.165) is 32.9 Å². The molecule has 0 amide bonds. The van der Waals surface area contributed by atoms with E-state index in [1.54, 1.807) is 6.07 Å². The van der Waals surface area contributed by atoms with Crippen molar-refractivity contribution in [3.05, 3.63) is 50.3 Å². The van der Waals surface area contributed by atoms with Gasteiger partial charge in [0.2, 0.25) is 0 Å². The third-order valence-corrected chi connectivity index (χ3v) is 11.7. The maximum atomic E-state index is 11.0. The van der Waals surface area contributed by atoms with Crippen molar-refractivity contribution < 1.29 is 0 Å². The lowest BCUT2D eigenvalue weighted by Gasteiger charge is -2.58. The Balaban J connectivity index is 2.54. The standard InChI is InChI=1S/C18H21BrN2OS/c1-5-10-23(3,4)16-11-13(21-22)7-9-14(16)20-15-8-6-12(2)17(19)18(15)23/h6-9,11,23H,2,5,10H2,1,3-4H3. The van der Waals surface area contributed by atoms with Gasteiger partial charge in [-0.05, 0) is 75.3 Å². The zero-order chi connectivity index (χ0) is 16.9. The summed E-state index contributed by atoms with van der Waals surface area (Å²) in [4.78, 5) is 18.3. The number of thiol groups is 1. The van der Waals surface area contributed by atoms with Crippen LogP contribution < -0.4 is 10.6 Å². The molecule has 0 saturated carbocycles. The quantitative estimate of drug-likeness (QED) is 0.597. The third-order valence-electron chi connectivity index (χ3n) is 4.86. The van der Waals surface area contributed by atoms with E-state index >= 15 is 0 Å². The first-order chi connectivity index (χ1) is 10.8. The van der Waals surface area contributed by atoms with Crippen molar-refractivity contribution >= 4 is 43.0 Å². The van der Waals surface area contributed by atoms with Gasteiger partial charge in [0.1, 0.15) is 5.69 Å². The SMILES string of the molecule is C=c1ccc2c(c1Br)[SH](C)(C)(CCC)c1cc(N=O)ccc1N=2. The minimum atomic E-state index is -2.48. The van der Waals surface area contributed by atoms with E-state index in [0.29, 0.717) is 5.69 Å². The molecule has 5 heteroatoms. The van der Waals surface area contributed by atoms with Gasteiger partial charge in [0.05, 0.1) is 11.0 Å². The van der Waals surface area contributed by atoms with Gasteiger partial charge in [-0.2, -0.15) is 0 Å². The van der Waals surface area contributed by atoms with Gasteiger partial charge < -0.3 is 0 Å². The Morgan fingerprint density at radius 1 is 1.26 bits per heavy atom. The predicted molar refractivity (Wildman–Crippen MR) is 105 cm³/mol. The van der Waals surface area contributed by atoms with Crippen molar-refractivity contribution in [2.75, 3.05) is 18.3 Å². The van der Waals surface area contributed by atoms with Crippen LogP contribution in [0.25, 0.3) is 6.58 Å². The summed E-state index contributed by atoms with van der Waals surface area (Å²) in [6.07, 6.45) is 5.79. The first kappa shape index (κ1) is 16.4. The van der Waals surface area contributed by atoms with Crippen molar-refractivity contribution in [3.63, 3.8) is 0 Å².